The Morgan fingerprint density at radius 2 is 2.38 bits per heavy atom. The molecule has 1 aliphatic rings. The van der Waals surface area contributed by atoms with Crippen LogP contribution in [0, 0.1) is 5.82 Å². The average Bonchev–Trinajstić information content (AvgIpc) is 2.23. The smallest absolute Gasteiger partial charge is 0.196 e. The van der Waals surface area contributed by atoms with Crippen LogP contribution >= 0.6 is 11.6 Å². The molecule has 5 heteroatoms. The van der Waals surface area contributed by atoms with Gasteiger partial charge in [0.1, 0.15) is 18.2 Å². The lowest BCUT2D eigenvalue weighted by molar-refractivity contribution is -0.0733. The van der Waals surface area contributed by atoms with E-state index in [1.165, 1.54) is 18.2 Å². The molecule has 0 N–H and O–H groups in total. The quantitative estimate of drug-likeness (QED) is 0.799. The summed E-state index contributed by atoms with van der Waals surface area (Å²) in [5, 5.41) is 4.56. The summed E-state index contributed by atoms with van der Waals surface area (Å²) in [7, 11) is 0. The van der Waals surface area contributed by atoms with Crippen LogP contribution in [0.4, 0.5) is 4.39 Å². The van der Waals surface area contributed by atoms with Crippen LogP contribution < -0.4 is 10.1 Å². The van der Waals surface area contributed by atoms with Gasteiger partial charge in [-0.05, 0) is 25.1 Å². The zero-order valence-electron chi connectivity index (χ0n) is 8.87. The van der Waals surface area contributed by atoms with E-state index in [9.17, 15) is 4.39 Å². The number of rotatable bonds is 2. The predicted octanol–water partition coefficient (Wildman–Crippen LogP) is 2.21. The maximum absolute atomic E-state index is 12.8. The van der Waals surface area contributed by atoms with Crippen LogP contribution in [0.15, 0.2) is 18.2 Å². The highest BCUT2D eigenvalue weighted by Gasteiger charge is 2.31. The van der Waals surface area contributed by atoms with Gasteiger partial charge in [0, 0.05) is 6.54 Å². The largest absolute Gasteiger partial charge is 0.468 e. The van der Waals surface area contributed by atoms with Gasteiger partial charge in [0.25, 0.3) is 0 Å². The Labute approximate surface area is 98.5 Å². The van der Waals surface area contributed by atoms with E-state index in [1.807, 2.05) is 6.92 Å². The Bertz CT molecular complexity index is 380. The van der Waals surface area contributed by atoms with Crippen molar-refractivity contribution in [3.8, 4) is 5.75 Å². The van der Waals surface area contributed by atoms with E-state index < -0.39 is 5.72 Å². The van der Waals surface area contributed by atoms with Gasteiger partial charge < -0.3 is 9.47 Å². The molecule has 1 aromatic rings. The number of halogens is 2. The molecule has 1 aromatic carbocycles. The highest BCUT2D eigenvalue weighted by atomic mass is 35.5. The molecule has 3 nitrogen and oxygen atoms in total. The lowest BCUT2D eigenvalue weighted by Crippen LogP contribution is -2.51. The summed E-state index contributed by atoms with van der Waals surface area (Å²) in [6.45, 7) is 3.39. The van der Waals surface area contributed by atoms with E-state index in [0.717, 1.165) is 0 Å². The summed E-state index contributed by atoms with van der Waals surface area (Å²) in [5.41, 5.74) is -0.736. The van der Waals surface area contributed by atoms with Gasteiger partial charge in [-0.2, -0.15) is 5.32 Å². The molecule has 1 unspecified atom stereocenters. The highest BCUT2D eigenvalue weighted by molar-refractivity contribution is 6.32. The van der Waals surface area contributed by atoms with Crippen LogP contribution in [0.3, 0.4) is 0 Å². The monoisotopic (exact) mass is 244 g/mol. The van der Waals surface area contributed by atoms with Crippen molar-refractivity contribution in [3.63, 3.8) is 0 Å². The Kier molecular flexibility index (Phi) is 3.33. The maximum Gasteiger partial charge on any atom is 0.196 e. The third-order valence-electron chi connectivity index (χ3n) is 2.28. The van der Waals surface area contributed by atoms with Gasteiger partial charge in [0.2, 0.25) is 0 Å². The fraction of sp³-hybridized carbons (Fsp3) is 0.455. The number of benzene rings is 1. The number of nitrogens with zero attached hydrogens (tertiary/aromatic N) is 1. The van der Waals surface area contributed by atoms with Crippen molar-refractivity contribution >= 4 is 11.6 Å². The molecule has 1 heterocycles. The van der Waals surface area contributed by atoms with Crippen molar-refractivity contribution < 1.29 is 13.9 Å². The maximum atomic E-state index is 12.8. The van der Waals surface area contributed by atoms with Crippen molar-refractivity contribution in [1.82, 2.24) is 5.32 Å². The standard InChI is InChI=1S/C11H12ClFNO2/c1-11(7-15-5-4-14-11)16-10-3-2-8(13)6-9(10)12/h2-3,6H,4-5,7H2,1H3. The summed E-state index contributed by atoms with van der Waals surface area (Å²) in [6, 6.07) is 4.01. The van der Waals surface area contributed by atoms with Gasteiger partial charge in [-0.3, -0.25) is 0 Å². The summed E-state index contributed by atoms with van der Waals surface area (Å²) in [5.74, 6) is 0.0270. The predicted molar refractivity (Wildman–Crippen MR) is 58.3 cm³/mol. The molecule has 0 spiro atoms. The molecule has 1 atom stereocenters. The van der Waals surface area contributed by atoms with Crippen LogP contribution in [0.5, 0.6) is 5.75 Å². The topological polar surface area (TPSA) is 32.6 Å². The molecule has 87 valence electrons. The van der Waals surface area contributed by atoms with Crippen molar-refractivity contribution in [2.75, 3.05) is 19.8 Å². The number of morpholine rings is 1. The first kappa shape index (κ1) is 11.6. The van der Waals surface area contributed by atoms with E-state index >= 15 is 0 Å². The molecule has 0 aliphatic carbocycles. The molecule has 0 bridgehead atoms. The molecular formula is C11H12ClFNO2. The Morgan fingerprint density at radius 3 is 3.00 bits per heavy atom. The third kappa shape index (κ3) is 2.64. The van der Waals surface area contributed by atoms with Crippen LogP contribution in [-0.2, 0) is 4.74 Å². The molecular weight excluding hydrogens is 233 g/mol. The molecule has 0 aromatic heterocycles. The SMILES string of the molecule is CC1(Oc2ccc(F)cc2Cl)COCC[N]1. The zero-order chi connectivity index (χ0) is 11.6. The molecule has 2 rings (SSSR count). The van der Waals surface area contributed by atoms with Crippen molar-refractivity contribution in [2.24, 2.45) is 0 Å². The van der Waals surface area contributed by atoms with Gasteiger partial charge in [0.05, 0.1) is 11.6 Å². The van der Waals surface area contributed by atoms with E-state index in [1.54, 1.807) is 0 Å². The molecule has 1 saturated heterocycles. The van der Waals surface area contributed by atoms with Gasteiger partial charge in [-0.25, -0.2) is 4.39 Å². The second-order valence-corrected chi connectivity index (χ2v) is 4.19. The normalized spacial score (nSPS) is 25.4. The summed E-state index contributed by atoms with van der Waals surface area (Å²) < 4.78 is 23.8. The Balaban J connectivity index is 2.13. The van der Waals surface area contributed by atoms with E-state index in [0.29, 0.717) is 25.5 Å². The lowest BCUT2D eigenvalue weighted by Gasteiger charge is -2.33. The van der Waals surface area contributed by atoms with Crippen molar-refractivity contribution in [1.29, 1.82) is 0 Å². The Hall–Kier alpha value is -0.840. The van der Waals surface area contributed by atoms with Crippen LogP contribution in [0.25, 0.3) is 0 Å². The minimum absolute atomic E-state index is 0.238. The number of ether oxygens (including phenoxy) is 2. The summed E-state index contributed by atoms with van der Waals surface area (Å²) in [6.07, 6.45) is 0. The van der Waals surface area contributed by atoms with Gasteiger partial charge in [-0.1, -0.05) is 11.6 Å². The second kappa shape index (κ2) is 4.57. The first-order valence-corrected chi connectivity index (χ1v) is 5.37. The van der Waals surface area contributed by atoms with Crippen molar-refractivity contribution in [2.45, 2.75) is 12.6 Å². The summed E-state index contributed by atoms with van der Waals surface area (Å²) >= 11 is 5.86. The van der Waals surface area contributed by atoms with Crippen LogP contribution in [-0.4, -0.2) is 25.5 Å². The molecule has 1 radical (unpaired) electrons. The molecule has 1 fully saturated rings. The average molecular weight is 245 g/mol. The lowest BCUT2D eigenvalue weighted by atomic mass is 10.2. The van der Waals surface area contributed by atoms with Gasteiger partial charge >= 0.3 is 0 Å². The van der Waals surface area contributed by atoms with Gasteiger partial charge in [-0.15, -0.1) is 0 Å². The van der Waals surface area contributed by atoms with Crippen molar-refractivity contribution in [3.05, 3.63) is 29.0 Å². The zero-order valence-corrected chi connectivity index (χ0v) is 9.63. The number of hydrogen-bond acceptors (Lipinski definition) is 2. The summed E-state index contributed by atoms with van der Waals surface area (Å²) in [4.78, 5) is 0. The highest BCUT2D eigenvalue weighted by Crippen LogP contribution is 2.28. The molecule has 0 saturated carbocycles. The Morgan fingerprint density at radius 1 is 1.56 bits per heavy atom. The van der Waals surface area contributed by atoms with E-state index in [4.69, 9.17) is 21.1 Å². The van der Waals surface area contributed by atoms with Crippen LogP contribution in [0.2, 0.25) is 5.02 Å². The molecule has 1 aliphatic heterocycles. The molecule has 16 heavy (non-hydrogen) atoms. The fourth-order valence-electron chi connectivity index (χ4n) is 1.51. The number of hydrogen-bond donors (Lipinski definition) is 0. The van der Waals surface area contributed by atoms with Crippen LogP contribution in [0.1, 0.15) is 6.92 Å². The first-order valence-electron chi connectivity index (χ1n) is 4.99. The van der Waals surface area contributed by atoms with E-state index in [-0.39, 0.29) is 10.8 Å². The minimum Gasteiger partial charge on any atom is -0.468 e. The minimum atomic E-state index is -0.736. The van der Waals surface area contributed by atoms with Gasteiger partial charge in [0.15, 0.2) is 5.72 Å². The third-order valence-corrected chi connectivity index (χ3v) is 2.57. The second-order valence-electron chi connectivity index (χ2n) is 3.79. The fourth-order valence-corrected chi connectivity index (χ4v) is 1.72. The molecule has 0 amide bonds. The van der Waals surface area contributed by atoms with E-state index in [2.05, 4.69) is 5.32 Å². The first-order chi connectivity index (χ1) is 7.59.